The molecule has 1 N–H and O–H groups in total. The molecule has 0 unspecified atom stereocenters. The van der Waals surface area contributed by atoms with Crippen LogP contribution in [0.4, 0.5) is 0 Å². The minimum Gasteiger partial charge on any atom is -0.377 e. The molecule has 0 aliphatic carbocycles. The monoisotopic (exact) mass is 460 g/mol. The summed E-state index contributed by atoms with van der Waals surface area (Å²) in [6.45, 7) is 4.68. The van der Waals surface area contributed by atoms with Gasteiger partial charge in [-0.25, -0.2) is 8.42 Å². The Morgan fingerprint density at radius 2 is 1.84 bits per heavy atom. The summed E-state index contributed by atoms with van der Waals surface area (Å²) >= 11 is 5.94. The Hall–Kier alpha value is -2.19. The van der Waals surface area contributed by atoms with Crippen molar-refractivity contribution >= 4 is 32.5 Å². The van der Waals surface area contributed by atoms with Crippen LogP contribution in [0.3, 0.4) is 0 Å². The highest BCUT2D eigenvalue weighted by Crippen LogP contribution is 2.25. The summed E-state index contributed by atoms with van der Waals surface area (Å²) in [5, 5.41) is 1.37. The zero-order valence-corrected chi connectivity index (χ0v) is 19.1. The van der Waals surface area contributed by atoms with Gasteiger partial charge >= 0.3 is 0 Å². The molecule has 4 rings (SSSR count). The SMILES string of the molecule is Cc1ccc(C)c2[nH]c(=O)c(CN(C[C@H]3CCCO3)S(=O)(=O)c3ccc(Cl)cc3)cc12. The van der Waals surface area contributed by atoms with Crippen molar-refractivity contribution in [2.75, 3.05) is 13.2 Å². The molecule has 1 fully saturated rings. The van der Waals surface area contributed by atoms with E-state index in [2.05, 4.69) is 4.98 Å². The van der Waals surface area contributed by atoms with Crippen molar-refractivity contribution in [3.63, 3.8) is 0 Å². The van der Waals surface area contributed by atoms with Gasteiger partial charge in [-0.15, -0.1) is 0 Å². The molecule has 0 bridgehead atoms. The van der Waals surface area contributed by atoms with Crippen molar-refractivity contribution in [2.24, 2.45) is 0 Å². The average molecular weight is 461 g/mol. The van der Waals surface area contributed by atoms with Crippen LogP contribution in [0, 0.1) is 13.8 Å². The maximum absolute atomic E-state index is 13.4. The van der Waals surface area contributed by atoms with Crippen LogP contribution in [0.2, 0.25) is 5.02 Å². The predicted molar refractivity (Wildman–Crippen MR) is 122 cm³/mol. The van der Waals surface area contributed by atoms with Gasteiger partial charge in [0, 0.05) is 35.7 Å². The average Bonchev–Trinajstić information content (AvgIpc) is 3.25. The Bertz CT molecular complexity index is 1260. The van der Waals surface area contributed by atoms with E-state index in [-0.39, 0.29) is 29.6 Å². The summed E-state index contributed by atoms with van der Waals surface area (Å²) in [5.74, 6) is 0. The van der Waals surface area contributed by atoms with E-state index in [9.17, 15) is 13.2 Å². The molecule has 3 aromatic rings. The van der Waals surface area contributed by atoms with Crippen molar-refractivity contribution in [1.82, 2.24) is 9.29 Å². The number of benzene rings is 2. The van der Waals surface area contributed by atoms with Gasteiger partial charge in [-0.1, -0.05) is 23.7 Å². The largest absolute Gasteiger partial charge is 0.377 e. The van der Waals surface area contributed by atoms with Gasteiger partial charge in [-0.05, 0) is 68.1 Å². The first-order valence-electron chi connectivity index (χ1n) is 10.2. The van der Waals surface area contributed by atoms with Gasteiger partial charge in [0.05, 0.1) is 16.5 Å². The number of nitrogens with one attached hydrogen (secondary N) is 1. The summed E-state index contributed by atoms with van der Waals surface area (Å²) in [6.07, 6.45) is 1.50. The fourth-order valence-corrected chi connectivity index (χ4v) is 5.52. The molecule has 0 amide bonds. The molecular formula is C23H25ClN2O4S. The number of sulfonamides is 1. The Morgan fingerprint density at radius 1 is 1.13 bits per heavy atom. The van der Waals surface area contributed by atoms with Gasteiger partial charge in [0.1, 0.15) is 0 Å². The minimum atomic E-state index is -3.85. The van der Waals surface area contributed by atoms with Crippen LogP contribution in [0.25, 0.3) is 10.9 Å². The number of fused-ring (bicyclic) bond motifs is 1. The molecule has 0 saturated carbocycles. The lowest BCUT2D eigenvalue weighted by atomic mass is 10.0. The highest BCUT2D eigenvalue weighted by molar-refractivity contribution is 7.89. The van der Waals surface area contributed by atoms with E-state index >= 15 is 0 Å². The first-order valence-corrected chi connectivity index (χ1v) is 12.1. The zero-order valence-electron chi connectivity index (χ0n) is 17.5. The van der Waals surface area contributed by atoms with Crippen molar-refractivity contribution in [1.29, 1.82) is 0 Å². The lowest BCUT2D eigenvalue weighted by Crippen LogP contribution is -2.38. The topological polar surface area (TPSA) is 79.5 Å². The van der Waals surface area contributed by atoms with Gasteiger partial charge in [0.2, 0.25) is 10.0 Å². The van der Waals surface area contributed by atoms with Gasteiger partial charge in [-0.3, -0.25) is 4.79 Å². The number of aromatic nitrogens is 1. The number of hydrogen-bond donors (Lipinski definition) is 1. The van der Waals surface area contributed by atoms with Crippen molar-refractivity contribution in [3.8, 4) is 0 Å². The number of nitrogens with zero attached hydrogens (tertiary/aromatic N) is 1. The summed E-state index contributed by atoms with van der Waals surface area (Å²) in [5.41, 5.74) is 2.88. The fourth-order valence-electron chi connectivity index (χ4n) is 3.94. The Labute approximate surface area is 186 Å². The van der Waals surface area contributed by atoms with Gasteiger partial charge < -0.3 is 9.72 Å². The van der Waals surface area contributed by atoms with Crippen molar-refractivity contribution in [2.45, 2.75) is 44.2 Å². The second-order valence-electron chi connectivity index (χ2n) is 8.00. The van der Waals surface area contributed by atoms with Crippen LogP contribution in [-0.4, -0.2) is 37.0 Å². The molecule has 1 aliphatic heterocycles. The summed E-state index contributed by atoms with van der Waals surface area (Å²) in [7, 11) is -3.85. The molecule has 2 heterocycles. The van der Waals surface area contributed by atoms with E-state index in [1.54, 1.807) is 18.2 Å². The number of ether oxygens (including phenoxy) is 1. The van der Waals surface area contributed by atoms with Gasteiger partial charge in [0.25, 0.3) is 5.56 Å². The fraction of sp³-hybridized carbons (Fsp3) is 0.348. The van der Waals surface area contributed by atoms with Crippen LogP contribution in [0.5, 0.6) is 0 Å². The van der Waals surface area contributed by atoms with Crippen LogP contribution in [0.15, 0.2) is 52.2 Å². The van der Waals surface area contributed by atoms with Crippen LogP contribution >= 0.6 is 11.6 Å². The maximum Gasteiger partial charge on any atom is 0.252 e. The quantitative estimate of drug-likeness (QED) is 0.598. The first-order chi connectivity index (χ1) is 14.8. The Morgan fingerprint density at radius 3 is 2.52 bits per heavy atom. The molecular weight excluding hydrogens is 436 g/mol. The maximum atomic E-state index is 13.4. The number of aromatic amines is 1. The molecule has 0 radical (unpaired) electrons. The van der Waals surface area contributed by atoms with Crippen LogP contribution in [-0.2, 0) is 21.3 Å². The lowest BCUT2D eigenvalue weighted by molar-refractivity contribution is 0.0925. The third-order valence-corrected chi connectivity index (χ3v) is 7.83. The van der Waals surface area contributed by atoms with Crippen molar-refractivity contribution in [3.05, 3.63) is 74.5 Å². The standard InChI is InChI=1S/C23H25ClN2O4S/c1-15-5-6-16(2)22-21(15)12-17(23(27)25-22)13-26(14-19-4-3-11-30-19)31(28,29)20-9-7-18(24)8-10-20/h5-10,12,19H,3-4,11,13-14H2,1-2H3,(H,25,27)/t19-/m1/s1. The van der Waals surface area contributed by atoms with E-state index in [0.717, 1.165) is 34.9 Å². The smallest absolute Gasteiger partial charge is 0.252 e. The van der Waals surface area contributed by atoms with E-state index < -0.39 is 10.0 Å². The highest BCUT2D eigenvalue weighted by atomic mass is 35.5. The third-order valence-electron chi connectivity index (χ3n) is 5.75. The summed E-state index contributed by atoms with van der Waals surface area (Å²) in [6, 6.07) is 11.8. The first kappa shape index (κ1) is 22.0. The second kappa shape index (κ2) is 8.74. The summed E-state index contributed by atoms with van der Waals surface area (Å²) in [4.78, 5) is 15.9. The second-order valence-corrected chi connectivity index (χ2v) is 10.4. The van der Waals surface area contributed by atoms with Crippen molar-refractivity contribution < 1.29 is 13.2 Å². The molecule has 1 saturated heterocycles. The van der Waals surface area contributed by atoms with E-state index in [4.69, 9.17) is 16.3 Å². The molecule has 1 aliphatic rings. The lowest BCUT2D eigenvalue weighted by Gasteiger charge is -2.25. The molecule has 1 atom stereocenters. The molecule has 8 heteroatoms. The highest BCUT2D eigenvalue weighted by Gasteiger charge is 2.30. The van der Waals surface area contributed by atoms with E-state index in [0.29, 0.717) is 17.2 Å². The predicted octanol–water partition coefficient (Wildman–Crippen LogP) is 4.17. The van der Waals surface area contributed by atoms with Gasteiger partial charge in [-0.2, -0.15) is 4.31 Å². The molecule has 0 spiro atoms. The number of H-pyrrole nitrogens is 1. The van der Waals surface area contributed by atoms with Crippen LogP contribution in [0.1, 0.15) is 29.5 Å². The molecule has 6 nitrogen and oxygen atoms in total. The molecule has 31 heavy (non-hydrogen) atoms. The molecule has 2 aromatic carbocycles. The Balaban J connectivity index is 1.76. The number of rotatable bonds is 6. The Kier molecular flexibility index (Phi) is 6.21. The molecule has 164 valence electrons. The summed E-state index contributed by atoms with van der Waals surface area (Å²) < 4.78 is 33.9. The van der Waals surface area contributed by atoms with E-state index in [1.165, 1.54) is 16.4 Å². The normalized spacial score (nSPS) is 17.0. The molecule has 1 aromatic heterocycles. The number of halogens is 1. The third kappa shape index (κ3) is 4.55. The number of aryl methyl sites for hydroxylation is 2. The number of hydrogen-bond acceptors (Lipinski definition) is 4. The number of pyridine rings is 1. The zero-order chi connectivity index (χ0) is 22.2. The minimum absolute atomic E-state index is 0.0382. The van der Waals surface area contributed by atoms with Gasteiger partial charge in [0.15, 0.2) is 0 Å². The van der Waals surface area contributed by atoms with Crippen LogP contribution < -0.4 is 5.56 Å². The van der Waals surface area contributed by atoms with E-state index in [1.807, 2.05) is 26.0 Å².